The van der Waals surface area contributed by atoms with Crippen molar-refractivity contribution in [2.45, 2.75) is 31.7 Å². The Kier molecular flexibility index (Phi) is 4.41. The number of carbonyl (C=O) groups is 2. The van der Waals surface area contributed by atoms with E-state index in [4.69, 9.17) is 5.11 Å². The van der Waals surface area contributed by atoms with Crippen LogP contribution in [-0.4, -0.2) is 32.8 Å². The van der Waals surface area contributed by atoms with E-state index in [0.29, 0.717) is 12.8 Å². The van der Waals surface area contributed by atoms with Gasteiger partial charge in [0.05, 0.1) is 24.2 Å². The lowest BCUT2D eigenvalue weighted by Crippen LogP contribution is -2.34. The molecule has 3 rings (SSSR count). The SMILES string of the molecule is O=C(Cc1cnn(-c2ccccc2)c1)N[C@H]1CC[C@@H](C(=O)O)C1. The Hall–Kier alpha value is -2.63. The molecule has 1 saturated carbocycles. The first kappa shape index (κ1) is 15.3. The molecule has 1 heterocycles. The molecule has 2 aromatic rings. The molecule has 1 aromatic heterocycles. The third-order valence-corrected chi connectivity index (χ3v) is 4.17. The second-order valence-electron chi connectivity index (χ2n) is 5.92. The molecule has 2 N–H and O–H groups in total. The second kappa shape index (κ2) is 6.64. The van der Waals surface area contributed by atoms with E-state index in [1.54, 1.807) is 10.9 Å². The van der Waals surface area contributed by atoms with Crippen molar-refractivity contribution in [2.75, 3.05) is 0 Å². The maximum atomic E-state index is 12.1. The molecule has 0 saturated heterocycles. The fourth-order valence-corrected chi connectivity index (χ4v) is 2.97. The third kappa shape index (κ3) is 3.77. The normalized spacial score (nSPS) is 20.3. The van der Waals surface area contributed by atoms with Gasteiger partial charge in [-0.2, -0.15) is 5.10 Å². The Morgan fingerprint density at radius 1 is 1.26 bits per heavy atom. The molecule has 0 bridgehead atoms. The smallest absolute Gasteiger partial charge is 0.306 e. The van der Waals surface area contributed by atoms with Crippen molar-refractivity contribution in [3.63, 3.8) is 0 Å². The highest BCUT2D eigenvalue weighted by molar-refractivity contribution is 5.79. The zero-order chi connectivity index (χ0) is 16.2. The van der Waals surface area contributed by atoms with E-state index in [-0.39, 0.29) is 24.3 Å². The lowest BCUT2D eigenvalue weighted by molar-refractivity contribution is -0.141. The molecule has 2 atom stereocenters. The summed E-state index contributed by atoms with van der Waals surface area (Å²) in [5.74, 6) is -1.19. The third-order valence-electron chi connectivity index (χ3n) is 4.17. The van der Waals surface area contributed by atoms with Crippen LogP contribution in [0.25, 0.3) is 5.69 Å². The van der Waals surface area contributed by atoms with Crippen LogP contribution in [0, 0.1) is 5.92 Å². The van der Waals surface area contributed by atoms with Crippen molar-refractivity contribution in [1.82, 2.24) is 15.1 Å². The fourth-order valence-electron chi connectivity index (χ4n) is 2.97. The Morgan fingerprint density at radius 3 is 2.74 bits per heavy atom. The lowest BCUT2D eigenvalue weighted by Gasteiger charge is -2.11. The molecule has 6 heteroatoms. The lowest BCUT2D eigenvalue weighted by atomic mass is 10.1. The van der Waals surface area contributed by atoms with Gasteiger partial charge in [-0.1, -0.05) is 18.2 Å². The van der Waals surface area contributed by atoms with Crippen molar-refractivity contribution in [3.05, 3.63) is 48.3 Å². The molecule has 0 spiro atoms. The number of para-hydroxylation sites is 1. The molecule has 120 valence electrons. The number of amides is 1. The molecule has 0 aliphatic heterocycles. The Morgan fingerprint density at radius 2 is 2.04 bits per heavy atom. The highest BCUT2D eigenvalue weighted by Crippen LogP contribution is 2.25. The molecule has 1 aromatic carbocycles. The molecular weight excluding hydrogens is 294 g/mol. The van der Waals surface area contributed by atoms with Crippen molar-refractivity contribution >= 4 is 11.9 Å². The molecule has 1 aliphatic carbocycles. The number of benzene rings is 1. The zero-order valence-corrected chi connectivity index (χ0v) is 12.7. The van der Waals surface area contributed by atoms with Crippen LogP contribution < -0.4 is 5.32 Å². The largest absolute Gasteiger partial charge is 0.481 e. The fraction of sp³-hybridized carbons (Fsp3) is 0.353. The quantitative estimate of drug-likeness (QED) is 0.881. The van der Waals surface area contributed by atoms with Crippen LogP contribution >= 0.6 is 0 Å². The first-order valence-corrected chi connectivity index (χ1v) is 7.73. The summed E-state index contributed by atoms with van der Waals surface area (Å²) in [7, 11) is 0. The van der Waals surface area contributed by atoms with Crippen LogP contribution in [0.5, 0.6) is 0 Å². The summed E-state index contributed by atoms with van der Waals surface area (Å²) in [6, 6.07) is 9.66. The number of hydrogen-bond donors (Lipinski definition) is 2. The molecular formula is C17H19N3O3. The number of rotatable bonds is 5. The van der Waals surface area contributed by atoms with E-state index in [2.05, 4.69) is 10.4 Å². The van der Waals surface area contributed by atoms with E-state index in [0.717, 1.165) is 17.7 Å². The van der Waals surface area contributed by atoms with Crippen LogP contribution in [0.15, 0.2) is 42.7 Å². The first-order valence-electron chi connectivity index (χ1n) is 7.73. The van der Waals surface area contributed by atoms with Gasteiger partial charge in [-0.3, -0.25) is 9.59 Å². The number of carboxylic acids is 1. The number of aliphatic carboxylic acids is 1. The van der Waals surface area contributed by atoms with E-state index >= 15 is 0 Å². The van der Waals surface area contributed by atoms with E-state index in [1.165, 1.54) is 0 Å². The van der Waals surface area contributed by atoms with Crippen LogP contribution in [-0.2, 0) is 16.0 Å². The number of hydrogen-bond acceptors (Lipinski definition) is 3. The topological polar surface area (TPSA) is 84.2 Å². The van der Waals surface area contributed by atoms with E-state index in [9.17, 15) is 9.59 Å². The van der Waals surface area contributed by atoms with Crippen molar-refractivity contribution < 1.29 is 14.7 Å². The maximum absolute atomic E-state index is 12.1. The maximum Gasteiger partial charge on any atom is 0.306 e. The number of aromatic nitrogens is 2. The molecule has 6 nitrogen and oxygen atoms in total. The predicted octanol–water partition coefficient (Wildman–Crippen LogP) is 1.78. The Balaban J connectivity index is 1.55. The number of nitrogens with one attached hydrogen (secondary N) is 1. The van der Waals surface area contributed by atoms with Crippen LogP contribution in [0.1, 0.15) is 24.8 Å². The van der Waals surface area contributed by atoms with E-state index < -0.39 is 5.97 Å². The summed E-state index contributed by atoms with van der Waals surface area (Å²) in [6.45, 7) is 0. The second-order valence-corrected chi connectivity index (χ2v) is 5.92. The molecule has 1 fully saturated rings. The van der Waals surface area contributed by atoms with Gasteiger partial charge in [-0.25, -0.2) is 4.68 Å². The van der Waals surface area contributed by atoms with Gasteiger partial charge in [0.2, 0.25) is 5.91 Å². The summed E-state index contributed by atoms with van der Waals surface area (Å²) >= 11 is 0. The van der Waals surface area contributed by atoms with Gasteiger partial charge in [-0.05, 0) is 37.0 Å². The number of carboxylic acid groups (broad SMARTS) is 1. The molecule has 1 amide bonds. The van der Waals surface area contributed by atoms with Crippen LogP contribution in [0.4, 0.5) is 0 Å². The minimum absolute atomic E-state index is 0.0345. The average Bonchev–Trinajstić information content (AvgIpc) is 3.18. The highest BCUT2D eigenvalue weighted by atomic mass is 16.4. The zero-order valence-electron chi connectivity index (χ0n) is 12.7. The van der Waals surface area contributed by atoms with Crippen LogP contribution in [0.2, 0.25) is 0 Å². The van der Waals surface area contributed by atoms with Gasteiger partial charge in [0.25, 0.3) is 0 Å². The summed E-state index contributed by atoms with van der Waals surface area (Å²) in [6.07, 6.45) is 5.65. The molecule has 0 radical (unpaired) electrons. The first-order chi connectivity index (χ1) is 11.1. The highest BCUT2D eigenvalue weighted by Gasteiger charge is 2.30. The summed E-state index contributed by atoms with van der Waals surface area (Å²) in [5, 5.41) is 16.2. The monoisotopic (exact) mass is 313 g/mol. The van der Waals surface area contributed by atoms with E-state index in [1.807, 2.05) is 36.5 Å². The van der Waals surface area contributed by atoms with Gasteiger partial charge in [-0.15, -0.1) is 0 Å². The molecule has 0 unspecified atom stereocenters. The minimum Gasteiger partial charge on any atom is -0.481 e. The Labute approximate surface area is 134 Å². The standard InChI is InChI=1S/C17H19N3O3/c21-16(19-14-7-6-13(9-14)17(22)23)8-12-10-18-20(11-12)15-4-2-1-3-5-15/h1-5,10-11,13-14H,6-9H2,(H,19,21)(H,22,23)/t13-,14+/m1/s1. The summed E-state index contributed by atoms with van der Waals surface area (Å²) < 4.78 is 1.73. The van der Waals surface area contributed by atoms with Gasteiger partial charge < -0.3 is 10.4 Å². The van der Waals surface area contributed by atoms with Crippen molar-refractivity contribution in [3.8, 4) is 5.69 Å². The van der Waals surface area contributed by atoms with Crippen molar-refractivity contribution in [2.24, 2.45) is 5.92 Å². The summed E-state index contributed by atoms with van der Waals surface area (Å²) in [5.41, 5.74) is 1.78. The average molecular weight is 313 g/mol. The Bertz CT molecular complexity index is 696. The van der Waals surface area contributed by atoms with Gasteiger partial charge in [0.1, 0.15) is 0 Å². The van der Waals surface area contributed by atoms with Gasteiger partial charge >= 0.3 is 5.97 Å². The van der Waals surface area contributed by atoms with Crippen LogP contribution in [0.3, 0.4) is 0 Å². The number of carbonyl (C=O) groups excluding carboxylic acids is 1. The minimum atomic E-state index is -0.772. The molecule has 23 heavy (non-hydrogen) atoms. The number of nitrogens with zero attached hydrogens (tertiary/aromatic N) is 2. The van der Waals surface area contributed by atoms with Gasteiger partial charge in [0, 0.05) is 12.2 Å². The van der Waals surface area contributed by atoms with Gasteiger partial charge in [0.15, 0.2) is 0 Å². The van der Waals surface area contributed by atoms with Crippen molar-refractivity contribution in [1.29, 1.82) is 0 Å². The molecule has 1 aliphatic rings. The predicted molar refractivity (Wildman–Crippen MR) is 84.2 cm³/mol. The summed E-state index contributed by atoms with van der Waals surface area (Å²) in [4.78, 5) is 23.0.